The number of hydrogen-bond acceptors (Lipinski definition) is 6. The highest BCUT2D eigenvalue weighted by Gasteiger charge is 2.42. The van der Waals surface area contributed by atoms with Crippen LogP contribution >= 0.6 is 0 Å². The van der Waals surface area contributed by atoms with Crippen LogP contribution < -0.4 is 0 Å². The number of aliphatic carboxylic acids is 1. The van der Waals surface area contributed by atoms with E-state index in [1.807, 2.05) is 0 Å². The molecule has 3 N–H and O–H groups in total. The topological polar surface area (TPSA) is 121 Å². The molecule has 174 valence electrons. The van der Waals surface area contributed by atoms with Crippen LogP contribution in [0.1, 0.15) is 97.3 Å². The Bertz CT molecular complexity index is 530. The zero-order valence-electron chi connectivity index (χ0n) is 18.6. The molecule has 2 atom stereocenters. The molecule has 0 bridgehead atoms. The summed E-state index contributed by atoms with van der Waals surface area (Å²) in [6, 6.07) is 0. The Labute approximate surface area is 180 Å². The van der Waals surface area contributed by atoms with Crippen molar-refractivity contribution in [3.05, 3.63) is 12.2 Å². The van der Waals surface area contributed by atoms with Gasteiger partial charge in [0.1, 0.15) is 11.9 Å². The fraction of sp³-hybridized carbons (Fsp3) is 0.783. The van der Waals surface area contributed by atoms with E-state index in [2.05, 4.69) is 11.7 Å². The Morgan fingerprint density at radius 3 is 2.07 bits per heavy atom. The summed E-state index contributed by atoms with van der Waals surface area (Å²) in [6.45, 7) is 3.06. The molecule has 0 heterocycles. The first-order valence-electron chi connectivity index (χ1n) is 11.2. The standard InChI is InChI=1S/C23H40O7/c1-3-4-5-8-11-14-20(25)15-12-9-6-7-10-13-16-21(26)23(29,22(27)28)17-18-30-19(2)24/h13,16,21,26,29H,3-12,14-15,17-18H2,1-2H3,(H,27,28)/b16-13+/t21-,23-/m0/s1. The van der Waals surface area contributed by atoms with E-state index in [0.717, 1.165) is 38.5 Å². The smallest absolute Gasteiger partial charge is 0.338 e. The molecule has 0 aliphatic carbocycles. The number of carbonyl (C=O) groups excluding carboxylic acids is 2. The third kappa shape index (κ3) is 13.5. The summed E-state index contributed by atoms with van der Waals surface area (Å²) in [5.41, 5.74) is -2.40. The van der Waals surface area contributed by atoms with Crippen molar-refractivity contribution in [1.29, 1.82) is 0 Å². The number of aliphatic hydroxyl groups is 2. The van der Waals surface area contributed by atoms with Crippen molar-refractivity contribution >= 4 is 17.7 Å². The molecule has 0 aliphatic heterocycles. The number of ether oxygens (including phenoxy) is 1. The number of allylic oxidation sites excluding steroid dienone is 1. The molecular weight excluding hydrogens is 388 g/mol. The van der Waals surface area contributed by atoms with E-state index < -0.39 is 30.1 Å². The van der Waals surface area contributed by atoms with Crippen molar-refractivity contribution in [2.45, 2.75) is 109 Å². The van der Waals surface area contributed by atoms with Gasteiger partial charge in [-0.1, -0.05) is 57.6 Å². The van der Waals surface area contributed by atoms with Gasteiger partial charge in [-0.15, -0.1) is 0 Å². The van der Waals surface area contributed by atoms with Gasteiger partial charge in [-0.3, -0.25) is 9.59 Å². The first-order chi connectivity index (χ1) is 14.2. The van der Waals surface area contributed by atoms with Crippen LogP contribution in [-0.2, 0) is 19.1 Å². The Morgan fingerprint density at radius 2 is 1.53 bits per heavy atom. The van der Waals surface area contributed by atoms with Crippen LogP contribution in [-0.4, -0.2) is 51.4 Å². The summed E-state index contributed by atoms with van der Waals surface area (Å²) in [5.74, 6) is -1.81. The van der Waals surface area contributed by atoms with E-state index >= 15 is 0 Å². The Morgan fingerprint density at radius 1 is 0.967 bits per heavy atom. The van der Waals surface area contributed by atoms with Gasteiger partial charge in [0, 0.05) is 26.2 Å². The number of carbonyl (C=O) groups is 3. The molecule has 0 unspecified atom stereocenters. The maximum Gasteiger partial charge on any atom is 0.338 e. The molecule has 7 nitrogen and oxygen atoms in total. The summed E-state index contributed by atoms with van der Waals surface area (Å²) < 4.78 is 4.65. The fourth-order valence-corrected chi connectivity index (χ4v) is 3.10. The first-order valence-corrected chi connectivity index (χ1v) is 11.2. The first kappa shape index (κ1) is 28.3. The SMILES string of the molecule is CCCCCCCC(=O)CCCCCC/C=C/[C@H](O)[C@@](O)(CCOC(C)=O)C(=O)O. The van der Waals surface area contributed by atoms with E-state index in [1.54, 1.807) is 6.08 Å². The molecular formula is C23H40O7. The van der Waals surface area contributed by atoms with Gasteiger partial charge in [0.2, 0.25) is 0 Å². The van der Waals surface area contributed by atoms with Crippen LogP contribution in [0.4, 0.5) is 0 Å². The number of aliphatic hydroxyl groups excluding tert-OH is 1. The molecule has 0 amide bonds. The highest BCUT2D eigenvalue weighted by atomic mass is 16.5. The number of rotatable bonds is 19. The van der Waals surface area contributed by atoms with E-state index in [0.29, 0.717) is 25.0 Å². The Hall–Kier alpha value is -1.73. The number of ketones is 1. The molecule has 0 aliphatic rings. The highest BCUT2D eigenvalue weighted by Crippen LogP contribution is 2.18. The highest BCUT2D eigenvalue weighted by molar-refractivity contribution is 5.78. The molecule has 0 aromatic rings. The van der Waals surface area contributed by atoms with Gasteiger partial charge in [0.15, 0.2) is 5.60 Å². The van der Waals surface area contributed by atoms with Crippen LogP contribution in [0.25, 0.3) is 0 Å². The second kappa shape index (κ2) is 17.0. The van der Waals surface area contributed by atoms with Crippen LogP contribution in [0.5, 0.6) is 0 Å². The third-order valence-electron chi connectivity index (χ3n) is 5.10. The Balaban J connectivity index is 3.95. The van der Waals surface area contributed by atoms with E-state index in [1.165, 1.54) is 32.3 Å². The normalized spacial score (nSPS) is 14.4. The van der Waals surface area contributed by atoms with Crippen molar-refractivity contribution in [2.24, 2.45) is 0 Å². The van der Waals surface area contributed by atoms with Gasteiger partial charge in [-0.25, -0.2) is 4.79 Å². The summed E-state index contributed by atoms with van der Waals surface area (Å²) in [5, 5.41) is 29.4. The van der Waals surface area contributed by atoms with E-state index in [-0.39, 0.29) is 6.61 Å². The van der Waals surface area contributed by atoms with Crippen molar-refractivity contribution in [3.63, 3.8) is 0 Å². The molecule has 0 saturated heterocycles. The van der Waals surface area contributed by atoms with Gasteiger partial charge < -0.3 is 20.1 Å². The molecule has 0 saturated carbocycles. The minimum absolute atomic E-state index is 0.291. The van der Waals surface area contributed by atoms with E-state index in [4.69, 9.17) is 0 Å². The molecule has 7 heteroatoms. The van der Waals surface area contributed by atoms with E-state index in [9.17, 15) is 29.7 Å². The number of carboxylic acids is 1. The van der Waals surface area contributed by atoms with Crippen LogP contribution in [0.2, 0.25) is 0 Å². The summed E-state index contributed by atoms with van der Waals surface area (Å²) in [7, 11) is 0. The number of Topliss-reactive ketones (excluding diaryl/α,β-unsaturated/α-hetero) is 1. The molecule has 0 fully saturated rings. The average molecular weight is 429 g/mol. The van der Waals surface area contributed by atoms with Crippen molar-refractivity contribution < 1.29 is 34.4 Å². The quantitative estimate of drug-likeness (QED) is 0.162. The van der Waals surface area contributed by atoms with Crippen LogP contribution in [0.15, 0.2) is 12.2 Å². The van der Waals surface area contributed by atoms with Crippen molar-refractivity contribution in [2.75, 3.05) is 6.61 Å². The largest absolute Gasteiger partial charge is 0.479 e. The Kier molecular flexibility index (Phi) is 16.0. The minimum atomic E-state index is -2.40. The summed E-state index contributed by atoms with van der Waals surface area (Å²) in [4.78, 5) is 33.9. The average Bonchev–Trinajstić information content (AvgIpc) is 2.68. The second-order valence-corrected chi connectivity index (χ2v) is 7.85. The van der Waals surface area contributed by atoms with Gasteiger partial charge >= 0.3 is 11.9 Å². The number of esters is 1. The number of carboxylic acid groups (broad SMARTS) is 1. The maximum absolute atomic E-state index is 11.8. The molecule has 0 aromatic carbocycles. The third-order valence-corrected chi connectivity index (χ3v) is 5.10. The molecule has 0 aromatic heterocycles. The van der Waals surface area contributed by atoms with Gasteiger partial charge in [-0.05, 0) is 25.7 Å². The van der Waals surface area contributed by atoms with Gasteiger partial charge in [-0.2, -0.15) is 0 Å². The summed E-state index contributed by atoms with van der Waals surface area (Å²) in [6.07, 6.45) is 12.3. The number of unbranched alkanes of at least 4 members (excludes halogenated alkanes) is 8. The molecule has 0 rings (SSSR count). The fourth-order valence-electron chi connectivity index (χ4n) is 3.10. The van der Waals surface area contributed by atoms with Crippen LogP contribution in [0, 0.1) is 0 Å². The second-order valence-electron chi connectivity index (χ2n) is 7.85. The minimum Gasteiger partial charge on any atom is -0.479 e. The monoisotopic (exact) mass is 428 g/mol. The van der Waals surface area contributed by atoms with Crippen molar-refractivity contribution in [3.8, 4) is 0 Å². The molecule has 0 radical (unpaired) electrons. The lowest BCUT2D eigenvalue weighted by Crippen LogP contribution is -2.49. The maximum atomic E-state index is 11.8. The van der Waals surface area contributed by atoms with Gasteiger partial charge in [0.05, 0.1) is 6.61 Å². The molecule has 30 heavy (non-hydrogen) atoms. The summed E-state index contributed by atoms with van der Waals surface area (Å²) >= 11 is 0. The van der Waals surface area contributed by atoms with Crippen molar-refractivity contribution in [1.82, 2.24) is 0 Å². The predicted molar refractivity (Wildman–Crippen MR) is 115 cm³/mol. The van der Waals surface area contributed by atoms with Crippen LogP contribution in [0.3, 0.4) is 0 Å². The zero-order chi connectivity index (χ0) is 22.8. The lowest BCUT2D eigenvalue weighted by Gasteiger charge is -2.26. The van der Waals surface area contributed by atoms with Gasteiger partial charge in [0.25, 0.3) is 0 Å². The lowest BCUT2D eigenvalue weighted by molar-refractivity contribution is -0.172. The lowest BCUT2D eigenvalue weighted by atomic mass is 9.92. The molecule has 0 spiro atoms. The number of hydrogen-bond donors (Lipinski definition) is 3. The predicted octanol–water partition coefficient (Wildman–Crippen LogP) is 3.94. The zero-order valence-corrected chi connectivity index (χ0v) is 18.6.